The lowest BCUT2D eigenvalue weighted by Gasteiger charge is -2.21. The molecule has 0 spiro atoms. The van der Waals surface area contributed by atoms with E-state index in [4.69, 9.17) is 14.6 Å². The first-order valence-corrected chi connectivity index (χ1v) is 6.77. The molecule has 0 atom stereocenters. The zero-order valence-electron chi connectivity index (χ0n) is 12.0. The lowest BCUT2D eigenvalue weighted by Crippen LogP contribution is -2.31. The van der Waals surface area contributed by atoms with Crippen LogP contribution in [-0.2, 0) is 11.3 Å². The first kappa shape index (κ1) is 14.7. The summed E-state index contributed by atoms with van der Waals surface area (Å²) in [6.07, 6.45) is 2.40. The van der Waals surface area contributed by atoms with Crippen molar-refractivity contribution in [3.8, 4) is 11.5 Å². The molecule has 0 aliphatic heterocycles. The maximum absolute atomic E-state index is 11.0. The largest absolute Gasteiger partial charge is 0.497 e. The molecule has 2 rings (SSSR count). The molecule has 1 aromatic rings. The van der Waals surface area contributed by atoms with Gasteiger partial charge in [-0.15, -0.1) is 0 Å². The number of hydrogen-bond acceptors (Lipinski definition) is 4. The summed E-state index contributed by atoms with van der Waals surface area (Å²) >= 11 is 0. The van der Waals surface area contributed by atoms with Crippen molar-refractivity contribution in [2.75, 3.05) is 27.3 Å². The fourth-order valence-electron chi connectivity index (χ4n) is 2.29. The summed E-state index contributed by atoms with van der Waals surface area (Å²) in [5.41, 5.74) is 0.953. The third-order valence-corrected chi connectivity index (χ3v) is 3.45. The van der Waals surface area contributed by atoms with Crippen LogP contribution in [0.3, 0.4) is 0 Å². The maximum Gasteiger partial charge on any atom is 0.317 e. The number of methoxy groups -OCH3 is 2. The van der Waals surface area contributed by atoms with Gasteiger partial charge in [0.05, 0.1) is 20.8 Å². The third kappa shape index (κ3) is 4.13. The number of carboxylic acid groups (broad SMARTS) is 1. The number of carbonyl (C=O) groups is 1. The van der Waals surface area contributed by atoms with Crippen molar-refractivity contribution >= 4 is 5.97 Å². The van der Waals surface area contributed by atoms with Crippen molar-refractivity contribution in [1.29, 1.82) is 0 Å². The van der Waals surface area contributed by atoms with Gasteiger partial charge in [-0.05, 0) is 37.0 Å². The van der Waals surface area contributed by atoms with Crippen LogP contribution >= 0.6 is 0 Å². The second kappa shape index (κ2) is 6.61. The molecule has 5 heteroatoms. The fraction of sp³-hybridized carbons (Fsp3) is 0.533. The number of rotatable bonds is 8. The van der Waals surface area contributed by atoms with Crippen LogP contribution in [0.4, 0.5) is 0 Å². The van der Waals surface area contributed by atoms with E-state index in [1.54, 1.807) is 14.2 Å². The smallest absolute Gasteiger partial charge is 0.317 e. The van der Waals surface area contributed by atoms with Crippen LogP contribution in [0, 0.1) is 5.92 Å². The molecule has 0 bridgehead atoms. The molecule has 1 aliphatic carbocycles. The van der Waals surface area contributed by atoms with Crippen molar-refractivity contribution < 1.29 is 19.4 Å². The zero-order valence-corrected chi connectivity index (χ0v) is 12.0. The molecule has 0 unspecified atom stereocenters. The minimum atomic E-state index is -0.799. The predicted octanol–water partition coefficient (Wildman–Crippen LogP) is 2.00. The van der Waals surface area contributed by atoms with Crippen LogP contribution in [0.15, 0.2) is 18.2 Å². The van der Waals surface area contributed by atoms with Crippen LogP contribution in [0.5, 0.6) is 11.5 Å². The monoisotopic (exact) mass is 279 g/mol. The van der Waals surface area contributed by atoms with Crippen LogP contribution in [0.25, 0.3) is 0 Å². The molecule has 20 heavy (non-hydrogen) atoms. The first-order valence-electron chi connectivity index (χ1n) is 6.77. The Bertz CT molecular complexity index is 471. The van der Waals surface area contributed by atoms with Crippen LogP contribution in [0.1, 0.15) is 18.4 Å². The van der Waals surface area contributed by atoms with E-state index in [0.29, 0.717) is 12.5 Å². The highest BCUT2D eigenvalue weighted by Gasteiger charge is 2.25. The molecule has 5 nitrogen and oxygen atoms in total. The zero-order chi connectivity index (χ0) is 14.5. The van der Waals surface area contributed by atoms with Crippen molar-refractivity contribution in [3.63, 3.8) is 0 Å². The molecule has 0 heterocycles. The van der Waals surface area contributed by atoms with Crippen LogP contribution in [0.2, 0.25) is 0 Å². The second-order valence-electron chi connectivity index (χ2n) is 5.18. The summed E-state index contributed by atoms with van der Waals surface area (Å²) in [7, 11) is 3.23. The van der Waals surface area contributed by atoms with Gasteiger partial charge in [-0.1, -0.05) is 0 Å². The van der Waals surface area contributed by atoms with Crippen molar-refractivity contribution in [2.45, 2.75) is 19.4 Å². The molecule has 1 aliphatic rings. The van der Waals surface area contributed by atoms with E-state index in [0.717, 1.165) is 23.6 Å². The van der Waals surface area contributed by atoms with E-state index in [2.05, 4.69) is 0 Å². The fourth-order valence-corrected chi connectivity index (χ4v) is 2.29. The number of ether oxygens (including phenoxy) is 2. The Morgan fingerprint density at radius 2 is 2.10 bits per heavy atom. The summed E-state index contributed by atoms with van der Waals surface area (Å²) in [5, 5.41) is 9.02. The molecular formula is C15H21NO4. The lowest BCUT2D eigenvalue weighted by molar-refractivity contribution is -0.138. The summed E-state index contributed by atoms with van der Waals surface area (Å²) in [6, 6.07) is 5.59. The summed E-state index contributed by atoms with van der Waals surface area (Å²) in [4.78, 5) is 12.9. The van der Waals surface area contributed by atoms with Gasteiger partial charge >= 0.3 is 5.97 Å². The maximum atomic E-state index is 11.0. The second-order valence-corrected chi connectivity index (χ2v) is 5.18. The van der Waals surface area contributed by atoms with Gasteiger partial charge in [0.25, 0.3) is 0 Å². The number of carboxylic acids is 1. The highest BCUT2D eigenvalue weighted by atomic mass is 16.5. The Balaban J connectivity index is 2.12. The van der Waals surface area contributed by atoms with E-state index in [1.165, 1.54) is 12.8 Å². The van der Waals surface area contributed by atoms with Crippen molar-refractivity contribution in [3.05, 3.63) is 23.8 Å². The average molecular weight is 279 g/mol. The Morgan fingerprint density at radius 1 is 1.35 bits per heavy atom. The van der Waals surface area contributed by atoms with Gasteiger partial charge in [-0.3, -0.25) is 9.69 Å². The van der Waals surface area contributed by atoms with Gasteiger partial charge in [-0.2, -0.15) is 0 Å². The SMILES string of the molecule is COc1ccc(OC)c(CN(CC(=O)O)CC2CC2)c1. The predicted molar refractivity (Wildman–Crippen MR) is 75.2 cm³/mol. The molecular weight excluding hydrogens is 258 g/mol. The minimum absolute atomic E-state index is 0.0524. The molecule has 110 valence electrons. The number of aliphatic carboxylic acids is 1. The summed E-state index contributed by atoms with van der Waals surface area (Å²) in [5.74, 6) is 1.36. The molecule has 1 aromatic carbocycles. The van der Waals surface area contributed by atoms with E-state index < -0.39 is 5.97 Å². The standard InChI is InChI=1S/C15H21NO4/c1-19-13-5-6-14(20-2)12(7-13)9-16(10-15(17)18)8-11-3-4-11/h5-7,11H,3-4,8-10H2,1-2H3,(H,17,18). The molecule has 0 radical (unpaired) electrons. The van der Waals surface area contributed by atoms with Gasteiger partial charge in [0, 0.05) is 18.7 Å². The van der Waals surface area contributed by atoms with E-state index in [9.17, 15) is 4.79 Å². The van der Waals surface area contributed by atoms with E-state index in [1.807, 2.05) is 23.1 Å². The topological polar surface area (TPSA) is 59.0 Å². The first-order chi connectivity index (χ1) is 9.62. The molecule has 0 aromatic heterocycles. The van der Waals surface area contributed by atoms with Gasteiger partial charge in [-0.25, -0.2) is 0 Å². The Morgan fingerprint density at radius 3 is 2.65 bits per heavy atom. The summed E-state index contributed by atoms with van der Waals surface area (Å²) < 4.78 is 10.6. The minimum Gasteiger partial charge on any atom is -0.497 e. The molecule has 1 N–H and O–H groups in total. The molecule has 0 amide bonds. The summed E-state index contributed by atoms with van der Waals surface area (Å²) in [6.45, 7) is 1.44. The average Bonchev–Trinajstić information content (AvgIpc) is 3.21. The van der Waals surface area contributed by atoms with Crippen molar-refractivity contribution in [2.24, 2.45) is 5.92 Å². The lowest BCUT2D eigenvalue weighted by atomic mass is 10.1. The van der Waals surface area contributed by atoms with E-state index >= 15 is 0 Å². The van der Waals surface area contributed by atoms with Crippen molar-refractivity contribution in [1.82, 2.24) is 4.90 Å². The number of benzene rings is 1. The molecule has 0 saturated heterocycles. The Labute approximate surface area is 119 Å². The number of hydrogen-bond donors (Lipinski definition) is 1. The van der Waals surface area contributed by atoms with Crippen LogP contribution in [-0.4, -0.2) is 43.3 Å². The third-order valence-electron chi connectivity index (χ3n) is 3.45. The quantitative estimate of drug-likeness (QED) is 0.788. The van der Waals surface area contributed by atoms with Gasteiger partial charge in [0.1, 0.15) is 11.5 Å². The number of nitrogens with zero attached hydrogens (tertiary/aromatic N) is 1. The highest BCUT2D eigenvalue weighted by Crippen LogP contribution is 2.31. The Hall–Kier alpha value is -1.75. The Kier molecular flexibility index (Phi) is 4.84. The van der Waals surface area contributed by atoms with Gasteiger partial charge in [0.15, 0.2) is 0 Å². The van der Waals surface area contributed by atoms with E-state index in [-0.39, 0.29) is 6.54 Å². The molecule has 1 saturated carbocycles. The highest BCUT2D eigenvalue weighted by molar-refractivity contribution is 5.69. The van der Waals surface area contributed by atoms with Gasteiger partial charge < -0.3 is 14.6 Å². The molecule has 1 fully saturated rings. The van der Waals surface area contributed by atoms with Gasteiger partial charge in [0.2, 0.25) is 0 Å². The normalized spacial score (nSPS) is 14.3. The van der Waals surface area contributed by atoms with Crippen LogP contribution < -0.4 is 9.47 Å².